The fraction of sp³-hybridized carbons (Fsp3) is 0.400. The highest BCUT2D eigenvalue weighted by Crippen LogP contribution is 2.20. The van der Waals surface area contributed by atoms with Crippen LogP contribution >= 0.6 is 22.6 Å². The van der Waals surface area contributed by atoms with Crippen molar-refractivity contribution < 1.29 is 9.53 Å². The van der Waals surface area contributed by atoms with Gasteiger partial charge in [-0.25, -0.2) is 0 Å². The van der Waals surface area contributed by atoms with Crippen molar-refractivity contribution in [3.63, 3.8) is 0 Å². The van der Waals surface area contributed by atoms with Gasteiger partial charge in [-0.2, -0.15) is 0 Å². The minimum atomic E-state index is 0.0389. The van der Waals surface area contributed by atoms with Crippen LogP contribution in [-0.2, 0) is 4.79 Å². The van der Waals surface area contributed by atoms with Crippen LogP contribution in [0.2, 0.25) is 0 Å². The highest BCUT2D eigenvalue weighted by Gasteiger charge is 2.21. The Morgan fingerprint density at radius 1 is 1.37 bits per heavy atom. The van der Waals surface area contributed by atoms with E-state index in [4.69, 9.17) is 4.74 Å². The molecule has 102 valence electrons. The van der Waals surface area contributed by atoms with Gasteiger partial charge in [-0.1, -0.05) is 6.58 Å². The van der Waals surface area contributed by atoms with Crippen molar-refractivity contribution in [2.24, 2.45) is 5.92 Å². The normalized spacial score (nSPS) is 16.2. The van der Waals surface area contributed by atoms with Gasteiger partial charge in [0.05, 0.1) is 6.61 Å². The molecule has 1 aromatic carbocycles. The van der Waals surface area contributed by atoms with E-state index in [0.717, 1.165) is 38.3 Å². The second kappa shape index (κ2) is 6.93. The van der Waals surface area contributed by atoms with Crippen LogP contribution in [0.5, 0.6) is 5.75 Å². The van der Waals surface area contributed by atoms with Gasteiger partial charge in [0, 0.05) is 16.7 Å². The number of nitrogens with zero attached hydrogens (tertiary/aromatic N) is 1. The fourth-order valence-electron chi connectivity index (χ4n) is 2.19. The van der Waals surface area contributed by atoms with E-state index in [1.165, 1.54) is 9.65 Å². The largest absolute Gasteiger partial charge is 0.493 e. The monoisotopic (exact) mass is 371 g/mol. The Balaban J connectivity index is 1.75. The fourth-order valence-corrected chi connectivity index (χ4v) is 2.55. The van der Waals surface area contributed by atoms with Crippen LogP contribution < -0.4 is 4.74 Å². The van der Waals surface area contributed by atoms with Crippen LogP contribution in [0, 0.1) is 9.49 Å². The molecule has 1 amide bonds. The Morgan fingerprint density at radius 2 is 2.00 bits per heavy atom. The summed E-state index contributed by atoms with van der Waals surface area (Å²) in [5.74, 6) is 1.50. The van der Waals surface area contributed by atoms with E-state index >= 15 is 0 Å². The number of amides is 1. The molecule has 19 heavy (non-hydrogen) atoms. The Labute approximate surface area is 127 Å². The number of carbonyl (C=O) groups is 1. The minimum absolute atomic E-state index is 0.0389. The first-order chi connectivity index (χ1) is 9.19. The maximum Gasteiger partial charge on any atom is 0.245 e. The Hall–Kier alpha value is -1.04. The molecule has 1 aromatic rings. The first-order valence-electron chi connectivity index (χ1n) is 6.49. The number of rotatable bonds is 4. The third-order valence-corrected chi connectivity index (χ3v) is 4.12. The standard InChI is InChI=1S/C15H18INO2/c1-2-15(18)17-9-7-12(8-10-17)11-19-14-5-3-13(16)4-6-14/h2-6,12H,1,7-11H2. The van der Waals surface area contributed by atoms with Crippen LogP contribution in [0.25, 0.3) is 0 Å². The molecule has 0 atom stereocenters. The molecule has 1 aliphatic heterocycles. The van der Waals surface area contributed by atoms with Crippen LogP contribution in [0.3, 0.4) is 0 Å². The summed E-state index contributed by atoms with van der Waals surface area (Å²) in [4.78, 5) is 13.3. The van der Waals surface area contributed by atoms with Gasteiger partial charge in [0.15, 0.2) is 0 Å². The molecular weight excluding hydrogens is 353 g/mol. The van der Waals surface area contributed by atoms with Gasteiger partial charge in [-0.05, 0) is 71.7 Å². The summed E-state index contributed by atoms with van der Waals surface area (Å²) in [6.45, 7) is 5.88. The zero-order valence-electron chi connectivity index (χ0n) is 10.8. The van der Waals surface area contributed by atoms with E-state index in [1.807, 2.05) is 29.2 Å². The lowest BCUT2D eigenvalue weighted by atomic mass is 9.98. The summed E-state index contributed by atoms with van der Waals surface area (Å²) in [5, 5.41) is 0. The summed E-state index contributed by atoms with van der Waals surface area (Å²) >= 11 is 2.28. The Morgan fingerprint density at radius 3 is 2.58 bits per heavy atom. The van der Waals surface area contributed by atoms with Crippen molar-refractivity contribution in [2.75, 3.05) is 19.7 Å². The minimum Gasteiger partial charge on any atom is -0.493 e. The van der Waals surface area contributed by atoms with Gasteiger partial charge >= 0.3 is 0 Å². The number of piperidine rings is 1. The van der Waals surface area contributed by atoms with Crippen LogP contribution in [0.15, 0.2) is 36.9 Å². The van der Waals surface area contributed by atoms with Crippen molar-refractivity contribution in [3.05, 3.63) is 40.5 Å². The average molecular weight is 371 g/mol. The van der Waals surface area contributed by atoms with Crippen LogP contribution in [0.4, 0.5) is 0 Å². The van der Waals surface area contributed by atoms with E-state index in [1.54, 1.807) is 0 Å². The van der Waals surface area contributed by atoms with Crippen LogP contribution in [-0.4, -0.2) is 30.5 Å². The lowest BCUT2D eigenvalue weighted by Crippen LogP contribution is -2.38. The molecule has 1 saturated heterocycles. The highest BCUT2D eigenvalue weighted by atomic mass is 127. The topological polar surface area (TPSA) is 29.5 Å². The van der Waals surface area contributed by atoms with E-state index in [2.05, 4.69) is 29.2 Å². The molecule has 0 radical (unpaired) electrons. The van der Waals surface area contributed by atoms with Gasteiger partial charge in [0.2, 0.25) is 5.91 Å². The zero-order valence-corrected chi connectivity index (χ0v) is 13.0. The second-order valence-electron chi connectivity index (χ2n) is 4.74. The number of hydrogen-bond acceptors (Lipinski definition) is 2. The van der Waals surface area contributed by atoms with Crippen molar-refractivity contribution in [3.8, 4) is 5.75 Å². The molecule has 0 bridgehead atoms. The smallest absolute Gasteiger partial charge is 0.245 e. The van der Waals surface area contributed by atoms with E-state index < -0.39 is 0 Å². The predicted octanol–water partition coefficient (Wildman–Crippen LogP) is 3.09. The van der Waals surface area contributed by atoms with Gasteiger partial charge in [0.25, 0.3) is 0 Å². The van der Waals surface area contributed by atoms with Crippen molar-refractivity contribution >= 4 is 28.5 Å². The van der Waals surface area contributed by atoms with Crippen molar-refractivity contribution in [1.82, 2.24) is 4.90 Å². The van der Waals surface area contributed by atoms with E-state index in [0.29, 0.717) is 5.92 Å². The lowest BCUT2D eigenvalue weighted by Gasteiger charge is -2.31. The molecule has 3 nitrogen and oxygen atoms in total. The van der Waals surface area contributed by atoms with Crippen molar-refractivity contribution in [1.29, 1.82) is 0 Å². The molecule has 1 fully saturated rings. The number of halogens is 1. The molecular formula is C15H18INO2. The Bertz CT molecular complexity index is 436. The molecule has 0 unspecified atom stereocenters. The summed E-state index contributed by atoms with van der Waals surface area (Å²) < 4.78 is 7.01. The molecule has 1 aliphatic rings. The number of likely N-dealkylation sites (tertiary alicyclic amines) is 1. The first-order valence-corrected chi connectivity index (χ1v) is 7.56. The maximum atomic E-state index is 11.5. The number of carbonyl (C=O) groups excluding carboxylic acids is 1. The molecule has 2 rings (SSSR count). The lowest BCUT2D eigenvalue weighted by molar-refractivity contribution is -0.127. The third kappa shape index (κ3) is 4.23. The molecule has 4 heteroatoms. The molecule has 0 spiro atoms. The number of ether oxygens (including phenoxy) is 1. The maximum absolute atomic E-state index is 11.5. The van der Waals surface area contributed by atoms with Gasteiger partial charge in [-0.15, -0.1) is 0 Å². The third-order valence-electron chi connectivity index (χ3n) is 3.40. The number of benzene rings is 1. The number of hydrogen-bond donors (Lipinski definition) is 0. The zero-order chi connectivity index (χ0) is 13.7. The molecule has 1 heterocycles. The molecule has 0 N–H and O–H groups in total. The van der Waals surface area contributed by atoms with Crippen LogP contribution in [0.1, 0.15) is 12.8 Å². The van der Waals surface area contributed by atoms with E-state index in [-0.39, 0.29) is 5.91 Å². The molecule has 0 aromatic heterocycles. The highest BCUT2D eigenvalue weighted by molar-refractivity contribution is 14.1. The van der Waals surface area contributed by atoms with Gasteiger partial charge in [-0.3, -0.25) is 4.79 Å². The average Bonchev–Trinajstić information content (AvgIpc) is 2.46. The SMILES string of the molecule is C=CC(=O)N1CCC(COc2ccc(I)cc2)CC1. The van der Waals surface area contributed by atoms with Crippen molar-refractivity contribution in [2.45, 2.75) is 12.8 Å². The van der Waals surface area contributed by atoms with Gasteiger partial charge in [0.1, 0.15) is 5.75 Å². The molecule has 0 saturated carbocycles. The summed E-state index contributed by atoms with van der Waals surface area (Å²) in [6.07, 6.45) is 3.40. The van der Waals surface area contributed by atoms with E-state index in [9.17, 15) is 4.79 Å². The second-order valence-corrected chi connectivity index (χ2v) is 5.98. The quantitative estimate of drug-likeness (QED) is 0.602. The summed E-state index contributed by atoms with van der Waals surface area (Å²) in [5.41, 5.74) is 0. The first kappa shape index (κ1) is 14.4. The van der Waals surface area contributed by atoms with Gasteiger partial charge < -0.3 is 9.64 Å². The molecule has 0 aliphatic carbocycles. The predicted molar refractivity (Wildman–Crippen MR) is 84.2 cm³/mol. The summed E-state index contributed by atoms with van der Waals surface area (Å²) in [6, 6.07) is 8.08. The summed E-state index contributed by atoms with van der Waals surface area (Å²) in [7, 11) is 0. The Kier molecular flexibility index (Phi) is 5.24.